The molecular weight excluding hydrogens is 336 g/mol. The Morgan fingerprint density at radius 3 is 1.04 bits per heavy atom. The second-order valence-electron chi connectivity index (χ2n) is 7.85. The third-order valence-electron chi connectivity index (χ3n) is 4.68. The van der Waals surface area contributed by atoms with Crippen LogP contribution in [0.3, 0.4) is 0 Å². The fraction of sp³-hybridized carbons (Fsp3) is 1.00. The highest BCUT2D eigenvalue weighted by molar-refractivity contribution is 7.80. The molecule has 0 aliphatic heterocycles. The number of thiol groups is 1. The molecule has 0 fully saturated rings. The van der Waals surface area contributed by atoms with Crippen LogP contribution in [0.4, 0.5) is 0 Å². The Morgan fingerprint density at radius 2 is 0.783 bits per heavy atom. The fourth-order valence-electron chi connectivity index (χ4n) is 3.13. The highest BCUT2D eigenvalue weighted by atomic mass is 35.6. The van der Waals surface area contributed by atoms with E-state index in [0.717, 1.165) is 5.75 Å². The summed E-state index contributed by atoms with van der Waals surface area (Å²) < 4.78 is 0. The van der Waals surface area contributed by atoms with Crippen molar-refractivity contribution < 1.29 is 0 Å². The fourth-order valence-corrected chi connectivity index (χ4v) is 4.85. The minimum atomic E-state index is -1.30. The van der Waals surface area contributed by atoms with Crippen LogP contribution in [0.15, 0.2) is 0 Å². The van der Waals surface area contributed by atoms with Gasteiger partial charge in [0.25, 0.3) is 0 Å². The molecule has 0 unspecified atom stereocenters. The first-order valence-corrected chi connectivity index (χ1v) is 15.2. The third-order valence-corrected chi connectivity index (χ3v) is 7.11. The number of rotatable bonds is 18. The summed E-state index contributed by atoms with van der Waals surface area (Å²) in [5, 5.41) is 0. The molecule has 0 rings (SSSR count). The molecule has 0 N–H and O–H groups in total. The molecule has 0 nitrogen and oxygen atoms in total. The average molecular weight is 379 g/mol. The zero-order valence-electron chi connectivity index (χ0n) is 16.1. The second-order valence-corrected chi connectivity index (χ2v) is 15.3. The van der Waals surface area contributed by atoms with Gasteiger partial charge in [-0.2, -0.15) is 23.7 Å². The summed E-state index contributed by atoms with van der Waals surface area (Å²) in [7, 11) is -1.30. The first-order chi connectivity index (χ1) is 11.1. The molecule has 0 atom stereocenters. The van der Waals surface area contributed by atoms with Gasteiger partial charge in [-0.3, -0.25) is 0 Å². The van der Waals surface area contributed by atoms with Gasteiger partial charge in [0.15, 0.2) is 0 Å². The SMILES string of the molecule is C[Si](C)(Cl)CCCCCCCCCCCCCCCCCCS. The standard InChI is InChI=1S/C20H43ClSSi/c1-23(2,21)20-18-16-14-12-10-8-6-4-3-5-7-9-11-13-15-17-19-22/h22H,3-20H2,1-2H3. The van der Waals surface area contributed by atoms with Crippen LogP contribution in [-0.4, -0.2) is 13.1 Å². The number of halogens is 1. The molecule has 0 heterocycles. The van der Waals surface area contributed by atoms with Gasteiger partial charge in [-0.25, -0.2) is 0 Å². The Labute approximate surface area is 158 Å². The molecule has 0 aromatic heterocycles. The van der Waals surface area contributed by atoms with Crippen molar-refractivity contribution in [3.05, 3.63) is 0 Å². The lowest BCUT2D eigenvalue weighted by molar-refractivity contribution is 0.531. The van der Waals surface area contributed by atoms with Crippen LogP contribution < -0.4 is 0 Å². The van der Waals surface area contributed by atoms with E-state index >= 15 is 0 Å². The van der Waals surface area contributed by atoms with Crippen LogP contribution in [0.25, 0.3) is 0 Å². The lowest BCUT2D eigenvalue weighted by Crippen LogP contribution is -2.14. The second kappa shape index (κ2) is 17.7. The lowest BCUT2D eigenvalue weighted by Gasteiger charge is -2.11. The van der Waals surface area contributed by atoms with E-state index in [1.54, 1.807) is 0 Å². The summed E-state index contributed by atoms with van der Waals surface area (Å²) in [6.45, 7) is 4.52. The van der Waals surface area contributed by atoms with Crippen LogP contribution in [0.5, 0.6) is 0 Å². The molecule has 23 heavy (non-hydrogen) atoms. The lowest BCUT2D eigenvalue weighted by atomic mass is 10.0. The molecule has 0 radical (unpaired) electrons. The first-order valence-electron chi connectivity index (χ1n) is 10.4. The molecule has 0 saturated heterocycles. The van der Waals surface area contributed by atoms with Crippen LogP contribution >= 0.6 is 23.7 Å². The van der Waals surface area contributed by atoms with E-state index in [1.807, 2.05) is 0 Å². The van der Waals surface area contributed by atoms with Gasteiger partial charge in [0, 0.05) is 0 Å². The molecular formula is C20H43ClSSi. The molecule has 0 bridgehead atoms. The minimum Gasteiger partial charge on any atom is -0.179 e. The Balaban J connectivity index is 3.00. The highest BCUT2D eigenvalue weighted by Gasteiger charge is 2.15. The van der Waals surface area contributed by atoms with Gasteiger partial charge in [0.05, 0.1) is 0 Å². The van der Waals surface area contributed by atoms with Crippen molar-refractivity contribution in [2.45, 2.75) is 122 Å². The first kappa shape index (κ1) is 23.9. The topological polar surface area (TPSA) is 0 Å². The van der Waals surface area contributed by atoms with E-state index in [0.29, 0.717) is 0 Å². The molecule has 0 amide bonds. The van der Waals surface area contributed by atoms with Crippen molar-refractivity contribution in [1.29, 1.82) is 0 Å². The van der Waals surface area contributed by atoms with Crippen LogP contribution in [0.2, 0.25) is 19.1 Å². The molecule has 0 aromatic rings. The Morgan fingerprint density at radius 1 is 0.522 bits per heavy atom. The van der Waals surface area contributed by atoms with Crippen molar-refractivity contribution in [3.63, 3.8) is 0 Å². The van der Waals surface area contributed by atoms with Gasteiger partial charge >= 0.3 is 0 Å². The largest absolute Gasteiger partial charge is 0.179 e. The van der Waals surface area contributed by atoms with Gasteiger partial charge < -0.3 is 0 Å². The third kappa shape index (κ3) is 22.9. The Kier molecular flexibility index (Phi) is 18.3. The number of unbranched alkanes of at least 4 members (excludes halogenated alkanes) is 15. The predicted octanol–water partition coefficient (Wildman–Crippen LogP) is 8.60. The molecule has 0 aliphatic carbocycles. The maximum atomic E-state index is 6.34. The zero-order chi connectivity index (χ0) is 17.2. The molecule has 0 aliphatic rings. The minimum absolute atomic E-state index is 1.06. The van der Waals surface area contributed by atoms with Crippen molar-refractivity contribution in [1.82, 2.24) is 0 Å². The Hall–Kier alpha value is 0.857. The van der Waals surface area contributed by atoms with Gasteiger partial charge in [0.1, 0.15) is 7.38 Å². The van der Waals surface area contributed by atoms with E-state index in [1.165, 1.54) is 109 Å². The molecule has 3 heteroatoms. The van der Waals surface area contributed by atoms with Gasteiger partial charge in [-0.15, -0.1) is 0 Å². The van der Waals surface area contributed by atoms with Gasteiger partial charge in [0.2, 0.25) is 0 Å². The van der Waals surface area contributed by atoms with E-state index in [-0.39, 0.29) is 0 Å². The average Bonchev–Trinajstić information content (AvgIpc) is 2.49. The summed E-state index contributed by atoms with van der Waals surface area (Å²) in [6, 6.07) is 1.30. The van der Waals surface area contributed by atoms with Crippen LogP contribution in [0.1, 0.15) is 103 Å². The summed E-state index contributed by atoms with van der Waals surface area (Å²) >= 11 is 10.6. The maximum Gasteiger partial charge on any atom is 0.150 e. The quantitative estimate of drug-likeness (QED) is 0.105. The highest BCUT2D eigenvalue weighted by Crippen LogP contribution is 2.19. The van der Waals surface area contributed by atoms with Crippen molar-refractivity contribution in [2.75, 3.05) is 5.75 Å². The van der Waals surface area contributed by atoms with Crippen molar-refractivity contribution in [2.24, 2.45) is 0 Å². The van der Waals surface area contributed by atoms with Crippen molar-refractivity contribution in [3.8, 4) is 0 Å². The van der Waals surface area contributed by atoms with E-state index < -0.39 is 7.38 Å². The predicted molar refractivity (Wildman–Crippen MR) is 116 cm³/mol. The monoisotopic (exact) mass is 378 g/mol. The van der Waals surface area contributed by atoms with Gasteiger partial charge in [-0.05, 0) is 18.2 Å². The summed E-state index contributed by atoms with van der Waals surface area (Å²) in [5.41, 5.74) is 0. The molecule has 0 saturated carbocycles. The molecule has 0 aromatic carbocycles. The van der Waals surface area contributed by atoms with Crippen LogP contribution in [0, 0.1) is 0 Å². The van der Waals surface area contributed by atoms with E-state index in [4.69, 9.17) is 11.1 Å². The number of hydrogen-bond donors (Lipinski definition) is 1. The summed E-state index contributed by atoms with van der Waals surface area (Å²) in [4.78, 5) is 0. The molecule has 140 valence electrons. The smallest absolute Gasteiger partial charge is 0.150 e. The van der Waals surface area contributed by atoms with E-state index in [9.17, 15) is 0 Å². The normalized spacial score (nSPS) is 12.0. The summed E-state index contributed by atoms with van der Waals surface area (Å²) in [6.07, 6.45) is 22.8. The Bertz CT molecular complexity index is 228. The van der Waals surface area contributed by atoms with Gasteiger partial charge in [-0.1, -0.05) is 109 Å². The van der Waals surface area contributed by atoms with E-state index in [2.05, 4.69) is 25.7 Å². The van der Waals surface area contributed by atoms with Crippen molar-refractivity contribution >= 4 is 31.1 Å². The molecule has 0 spiro atoms. The number of hydrogen-bond acceptors (Lipinski definition) is 1. The van der Waals surface area contributed by atoms with Crippen LogP contribution in [-0.2, 0) is 0 Å². The maximum absolute atomic E-state index is 6.34. The zero-order valence-corrected chi connectivity index (χ0v) is 18.7. The summed E-state index contributed by atoms with van der Waals surface area (Å²) in [5.74, 6) is 1.06.